The Morgan fingerprint density at radius 2 is 1.65 bits per heavy atom. The first-order valence-corrected chi connectivity index (χ1v) is 10.6. The Hall–Kier alpha value is -3.06. The molecule has 2 N–H and O–H groups in total. The van der Waals surface area contributed by atoms with E-state index in [1.54, 1.807) is 7.11 Å². The number of rotatable bonds is 7. The first kappa shape index (κ1) is 22.6. The minimum absolute atomic E-state index is 0.0324. The number of carbonyl (C=O) groups excluding carboxylic acids is 2. The summed E-state index contributed by atoms with van der Waals surface area (Å²) in [5, 5.41) is 5.65. The number of hydrogen-bond donors (Lipinski definition) is 2. The van der Waals surface area contributed by atoms with Crippen LogP contribution in [0, 0.1) is 20.8 Å². The minimum atomic E-state index is -0.216. The fraction of sp³-hybridized carbons (Fsp3) is 0.417. The average Bonchev–Trinajstić information content (AvgIpc) is 2.75. The van der Waals surface area contributed by atoms with Gasteiger partial charge in [0.1, 0.15) is 5.75 Å². The van der Waals surface area contributed by atoms with Gasteiger partial charge in [0.15, 0.2) is 0 Å². The van der Waals surface area contributed by atoms with E-state index in [0.29, 0.717) is 6.54 Å². The van der Waals surface area contributed by atoms with Crippen LogP contribution >= 0.6 is 0 Å². The molecule has 166 valence electrons. The van der Waals surface area contributed by atoms with Gasteiger partial charge < -0.3 is 20.3 Å². The molecule has 7 nitrogen and oxygen atoms in total. The SMILES string of the molecule is COc1cccc(N2CCN(CC(=O)NCC(=O)Nc3c(C)cc(C)cc3C)CC2)c1. The van der Waals surface area contributed by atoms with Crippen LogP contribution in [0.1, 0.15) is 16.7 Å². The lowest BCUT2D eigenvalue weighted by molar-refractivity contribution is -0.125. The molecule has 31 heavy (non-hydrogen) atoms. The summed E-state index contributed by atoms with van der Waals surface area (Å²) in [4.78, 5) is 29.0. The Bertz CT molecular complexity index is 913. The summed E-state index contributed by atoms with van der Waals surface area (Å²) in [5.41, 5.74) is 5.14. The maximum atomic E-state index is 12.3. The van der Waals surface area contributed by atoms with Crippen LogP contribution in [-0.2, 0) is 9.59 Å². The lowest BCUT2D eigenvalue weighted by Crippen LogP contribution is -2.50. The molecule has 0 aromatic heterocycles. The summed E-state index contributed by atoms with van der Waals surface area (Å²) >= 11 is 0. The normalized spacial score (nSPS) is 14.3. The zero-order chi connectivity index (χ0) is 22.4. The number of carbonyl (C=O) groups is 2. The molecule has 0 radical (unpaired) electrons. The molecule has 7 heteroatoms. The van der Waals surface area contributed by atoms with Gasteiger partial charge in [-0.3, -0.25) is 14.5 Å². The van der Waals surface area contributed by atoms with Gasteiger partial charge in [-0.15, -0.1) is 0 Å². The van der Waals surface area contributed by atoms with Crippen molar-refractivity contribution in [3.63, 3.8) is 0 Å². The molecule has 3 rings (SSSR count). The first-order chi connectivity index (χ1) is 14.9. The Labute approximate surface area is 184 Å². The number of nitrogens with one attached hydrogen (secondary N) is 2. The monoisotopic (exact) mass is 424 g/mol. The third-order valence-electron chi connectivity index (χ3n) is 5.55. The Balaban J connectivity index is 1.42. The van der Waals surface area contributed by atoms with Crippen molar-refractivity contribution < 1.29 is 14.3 Å². The van der Waals surface area contributed by atoms with Crippen LogP contribution in [0.25, 0.3) is 0 Å². The van der Waals surface area contributed by atoms with E-state index in [4.69, 9.17) is 4.74 Å². The topological polar surface area (TPSA) is 73.9 Å². The highest BCUT2D eigenvalue weighted by Crippen LogP contribution is 2.22. The van der Waals surface area contributed by atoms with Crippen molar-refractivity contribution in [3.05, 3.63) is 53.1 Å². The maximum absolute atomic E-state index is 12.3. The standard InChI is InChI=1S/C24H32N4O3/c1-17-12-18(2)24(19(3)13-17)26-22(29)15-25-23(30)16-27-8-10-28(11-9-27)20-6-5-7-21(14-20)31-4/h5-7,12-14H,8-11,15-16H2,1-4H3,(H,25,30)(H,26,29). The molecule has 2 aromatic rings. The fourth-order valence-corrected chi connectivity index (χ4v) is 3.97. The van der Waals surface area contributed by atoms with Crippen molar-refractivity contribution in [2.75, 3.05) is 56.6 Å². The van der Waals surface area contributed by atoms with Crippen molar-refractivity contribution in [1.82, 2.24) is 10.2 Å². The summed E-state index contributed by atoms with van der Waals surface area (Å²) in [6.07, 6.45) is 0. The Morgan fingerprint density at radius 3 is 2.29 bits per heavy atom. The number of anilines is 2. The van der Waals surface area contributed by atoms with Crippen LogP contribution in [-0.4, -0.2) is 63.1 Å². The second-order valence-electron chi connectivity index (χ2n) is 8.06. The highest BCUT2D eigenvalue weighted by atomic mass is 16.5. The zero-order valence-corrected chi connectivity index (χ0v) is 18.8. The number of ether oxygens (including phenoxy) is 1. The molecule has 0 unspecified atom stereocenters. The van der Waals surface area contributed by atoms with Gasteiger partial charge in [-0.05, 0) is 44.0 Å². The van der Waals surface area contributed by atoms with E-state index >= 15 is 0 Å². The average molecular weight is 425 g/mol. The highest BCUT2D eigenvalue weighted by Gasteiger charge is 2.20. The van der Waals surface area contributed by atoms with Crippen molar-refractivity contribution in [3.8, 4) is 5.75 Å². The van der Waals surface area contributed by atoms with Crippen LogP contribution in [0.15, 0.2) is 36.4 Å². The Morgan fingerprint density at radius 1 is 0.968 bits per heavy atom. The molecule has 2 amide bonds. The van der Waals surface area contributed by atoms with Gasteiger partial charge in [-0.1, -0.05) is 23.8 Å². The fourth-order valence-electron chi connectivity index (χ4n) is 3.97. The van der Waals surface area contributed by atoms with Gasteiger partial charge in [-0.25, -0.2) is 0 Å². The number of methoxy groups -OCH3 is 1. The number of hydrogen-bond acceptors (Lipinski definition) is 5. The third kappa shape index (κ3) is 6.21. The lowest BCUT2D eigenvalue weighted by atomic mass is 10.1. The zero-order valence-electron chi connectivity index (χ0n) is 18.8. The van der Waals surface area contributed by atoms with Gasteiger partial charge in [0, 0.05) is 43.6 Å². The molecular weight excluding hydrogens is 392 g/mol. The smallest absolute Gasteiger partial charge is 0.243 e. The molecule has 1 aliphatic rings. The third-order valence-corrected chi connectivity index (χ3v) is 5.55. The molecule has 2 aromatic carbocycles. The summed E-state index contributed by atoms with van der Waals surface area (Å²) < 4.78 is 5.30. The van der Waals surface area contributed by atoms with E-state index in [0.717, 1.165) is 60.0 Å². The van der Waals surface area contributed by atoms with E-state index in [-0.39, 0.29) is 18.4 Å². The van der Waals surface area contributed by atoms with E-state index in [1.807, 2.05) is 51.1 Å². The van der Waals surface area contributed by atoms with Crippen LogP contribution in [0.4, 0.5) is 11.4 Å². The molecule has 1 aliphatic heterocycles. The second kappa shape index (κ2) is 10.3. The van der Waals surface area contributed by atoms with Crippen LogP contribution in [0.5, 0.6) is 5.75 Å². The van der Waals surface area contributed by atoms with Crippen LogP contribution in [0.3, 0.4) is 0 Å². The number of piperazine rings is 1. The molecular formula is C24H32N4O3. The van der Waals surface area contributed by atoms with Gasteiger partial charge in [0.05, 0.1) is 20.2 Å². The Kier molecular flexibility index (Phi) is 7.52. The highest BCUT2D eigenvalue weighted by molar-refractivity contribution is 5.96. The van der Waals surface area contributed by atoms with E-state index in [9.17, 15) is 9.59 Å². The quantitative estimate of drug-likeness (QED) is 0.715. The summed E-state index contributed by atoms with van der Waals surface area (Å²) in [7, 11) is 1.67. The predicted octanol–water partition coefficient (Wildman–Crippen LogP) is 2.50. The van der Waals surface area contributed by atoms with Gasteiger partial charge in [-0.2, -0.15) is 0 Å². The molecule has 1 fully saturated rings. The number of aryl methyl sites for hydroxylation is 3. The van der Waals surface area contributed by atoms with Gasteiger partial charge >= 0.3 is 0 Å². The summed E-state index contributed by atoms with van der Waals surface area (Å²) in [6.45, 7) is 9.50. The van der Waals surface area contributed by atoms with E-state index in [1.165, 1.54) is 0 Å². The molecule has 0 aliphatic carbocycles. The lowest BCUT2D eigenvalue weighted by Gasteiger charge is -2.35. The van der Waals surface area contributed by atoms with E-state index in [2.05, 4.69) is 26.5 Å². The van der Waals surface area contributed by atoms with Crippen molar-refractivity contribution >= 4 is 23.2 Å². The molecule has 1 saturated heterocycles. The summed E-state index contributed by atoms with van der Waals surface area (Å²) in [6, 6.07) is 12.1. The van der Waals surface area contributed by atoms with Crippen LogP contribution < -0.4 is 20.3 Å². The molecule has 0 spiro atoms. The molecule has 1 heterocycles. The number of benzene rings is 2. The molecule has 0 atom stereocenters. The van der Waals surface area contributed by atoms with Crippen molar-refractivity contribution in [2.45, 2.75) is 20.8 Å². The van der Waals surface area contributed by atoms with Gasteiger partial charge in [0.2, 0.25) is 11.8 Å². The predicted molar refractivity (Wildman–Crippen MR) is 124 cm³/mol. The minimum Gasteiger partial charge on any atom is -0.497 e. The summed E-state index contributed by atoms with van der Waals surface area (Å²) in [5.74, 6) is 0.488. The van der Waals surface area contributed by atoms with Crippen molar-refractivity contribution in [1.29, 1.82) is 0 Å². The van der Waals surface area contributed by atoms with Crippen molar-refractivity contribution in [2.24, 2.45) is 0 Å². The van der Waals surface area contributed by atoms with E-state index < -0.39 is 0 Å². The largest absolute Gasteiger partial charge is 0.497 e. The molecule has 0 bridgehead atoms. The first-order valence-electron chi connectivity index (χ1n) is 10.6. The second-order valence-corrected chi connectivity index (χ2v) is 8.06. The number of nitrogens with zero attached hydrogens (tertiary/aromatic N) is 2. The van der Waals surface area contributed by atoms with Gasteiger partial charge in [0.25, 0.3) is 0 Å². The number of amides is 2. The van der Waals surface area contributed by atoms with Crippen LogP contribution in [0.2, 0.25) is 0 Å². The maximum Gasteiger partial charge on any atom is 0.243 e. The molecule has 0 saturated carbocycles.